The van der Waals surface area contributed by atoms with Crippen molar-refractivity contribution in [1.82, 2.24) is 4.90 Å². The average molecular weight is 258 g/mol. The van der Waals surface area contributed by atoms with Crippen molar-refractivity contribution in [2.45, 2.75) is 16.5 Å². The van der Waals surface area contributed by atoms with Crippen LogP contribution in [-0.2, 0) is 14.3 Å². The summed E-state index contributed by atoms with van der Waals surface area (Å²) in [4.78, 5) is 34.3. The molecule has 2 amide bonds. The van der Waals surface area contributed by atoms with Gasteiger partial charge in [-0.1, -0.05) is 0 Å². The van der Waals surface area contributed by atoms with E-state index in [1.807, 2.05) is 0 Å². The van der Waals surface area contributed by atoms with Crippen LogP contribution in [0.4, 0.5) is 4.79 Å². The zero-order valence-corrected chi connectivity index (χ0v) is 9.48. The van der Waals surface area contributed by atoms with E-state index < -0.39 is 16.8 Å². The number of fused-ring (bicyclic) bond motifs is 1. The highest BCUT2D eigenvalue weighted by Gasteiger charge is 2.50. The van der Waals surface area contributed by atoms with Crippen LogP contribution >= 0.6 is 11.8 Å². The number of nitrogens with two attached hydrogens (primary N) is 1. The summed E-state index contributed by atoms with van der Waals surface area (Å²) in [6.07, 6.45) is 2.04. The minimum Gasteiger partial charge on any atom is -0.480 e. The number of ether oxygens (including phenoxy) is 1. The minimum atomic E-state index is -1.36. The highest BCUT2D eigenvalue weighted by molar-refractivity contribution is 8.02. The van der Waals surface area contributed by atoms with Gasteiger partial charge in [-0.25, -0.2) is 4.79 Å². The number of carbonyl (C=O) groups is 3. The molecule has 0 aromatic heterocycles. The molecule has 0 radical (unpaired) electrons. The molecule has 0 spiro atoms. The molecule has 0 bridgehead atoms. The number of carbonyl (C=O) groups excluding carboxylic acids is 2. The Hall–Kier alpha value is -1.70. The second-order valence-corrected chi connectivity index (χ2v) is 5.20. The lowest BCUT2D eigenvalue weighted by Gasteiger charge is -2.44. The second kappa shape index (κ2) is 3.95. The third-order valence-corrected chi connectivity index (χ3v) is 4.10. The summed E-state index contributed by atoms with van der Waals surface area (Å²) in [5.74, 6) is -1.17. The fourth-order valence-electron chi connectivity index (χ4n) is 1.61. The van der Waals surface area contributed by atoms with Crippen LogP contribution in [0.25, 0.3) is 0 Å². The number of amides is 2. The molecule has 0 aromatic rings. The average Bonchev–Trinajstić information content (AvgIpc) is 2.24. The molecule has 8 heteroatoms. The van der Waals surface area contributed by atoms with Gasteiger partial charge in [-0.05, 0) is 6.08 Å². The molecule has 2 aliphatic rings. The summed E-state index contributed by atoms with van der Waals surface area (Å²) in [5, 5.41) is 8.98. The first-order valence-electron chi connectivity index (χ1n) is 4.78. The lowest BCUT2D eigenvalue weighted by molar-refractivity contribution is -0.141. The van der Waals surface area contributed by atoms with Crippen molar-refractivity contribution in [2.75, 3.05) is 6.61 Å². The van der Waals surface area contributed by atoms with E-state index in [2.05, 4.69) is 4.74 Å². The van der Waals surface area contributed by atoms with Crippen molar-refractivity contribution in [3.63, 3.8) is 0 Å². The smallest absolute Gasteiger partial charge is 0.404 e. The van der Waals surface area contributed by atoms with E-state index in [1.165, 1.54) is 17.2 Å². The molecule has 2 heterocycles. The Labute approximate surface area is 101 Å². The second-order valence-electron chi connectivity index (χ2n) is 3.70. The van der Waals surface area contributed by atoms with E-state index in [4.69, 9.17) is 5.73 Å². The Kier molecular flexibility index (Phi) is 2.74. The number of rotatable bonds is 3. The molecule has 2 rings (SSSR count). The van der Waals surface area contributed by atoms with Gasteiger partial charge in [0.2, 0.25) is 5.91 Å². The molecule has 92 valence electrons. The summed E-state index contributed by atoms with van der Waals surface area (Å²) in [7, 11) is 0. The molecule has 7 nitrogen and oxygen atoms in total. The number of thioether (sulfide) groups is 1. The van der Waals surface area contributed by atoms with Crippen molar-refractivity contribution < 1.29 is 24.2 Å². The van der Waals surface area contributed by atoms with Crippen LogP contribution in [-0.4, -0.2) is 44.7 Å². The maximum Gasteiger partial charge on any atom is 0.404 e. The van der Waals surface area contributed by atoms with Gasteiger partial charge in [0.05, 0.1) is 11.8 Å². The highest BCUT2D eigenvalue weighted by atomic mass is 32.2. The number of hydrogen-bond donors (Lipinski definition) is 2. The third kappa shape index (κ3) is 1.95. The van der Waals surface area contributed by atoms with Gasteiger partial charge < -0.3 is 20.5 Å². The first-order chi connectivity index (χ1) is 7.94. The van der Waals surface area contributed by atoms with E-state index in [0.717, 1.165) is 11.8 Å². The summed E-state index contributed by atoms with van der Waals surface area (Å²) in [6, 6.07) is 0. The number of carboxylic acids is 1. The molecular formula is C9H10N2O5S. The Bertz CT molecular complexity index is 424. The molecule has 0 aliphatic carbocycles. The zero-order chi connectivity index (χ0) is 12.6. The Morgan fingerprint density at radius 2 is 2.41 bits per heavy atom. The Morgan fingerprint density at radius 1 is 1.71 bits per heavy atom. The number of nitrogens with zero attached hydrogens (tertiary/aromatic N) is 1. The number of hydrogen-bond acceptors (Lipinski definition) is 5. The molecule has 1 fully saturated rings. The first kappa shape index (κ1) is 11.8. The van der Waals surface area contributed by atoms with Gasteiger partial charge in [0.25, 0.3) is 0 Å². The van der Waals surface area contributed by atoms with E-state index in [-0.39, 0.29) is 17.9 Å². The van der Waals surface area contributed by atoms with Crippen molar-refractivity contribution in [3.8, 4) is 0 Å². The van der Waals surface area contributed by atoms with E-state index in [9.17, 15) is 19.5 Å². The molecule has 1 unspecified atom stereocenters. The fourth-order valence-corrected chi connectivity index (χ4v) is 2.99. The van der Waals surface area contributed by atoms with Gasteiger partial charge in [-0.15, -0.1) is 11.8 Å². The van der Waals surface area contributed by atoms with Gasteiger partial charge in [0, 0.05) is 6.20 Å². The van der Waals surface area contributed by atoms with Crippen molar-refractivity contribution in [2.24, 2.45) is 5.73 Å². The Balaban J connectivity index is 2.16. The quantitative estimate of drug-likeness (QED) is 0.674. The van der Waals surface area contributed by atoms with Gasteiger partial charge >= 0.3 is 12.1 Å². The summed E-state index contributed by atoms with van der Waals surface area (Å²) in [6.45, 7) is -0.350. The first-order valence-corrected chi connectivity index (χ1v) is 5.66. The van der Waals surface area contributed by atoms with Crippen LogP contribution in [0, 0.1) is 0 Å². The monoisotopic (exact) mass is 258 g/mol. The maximum absolute atomic E-state index is 11.2. The SMILES string of the molecule is NC(=O)OCC1(C(=O)O)C=CN2C(=O)C[C@H]2S1. The van der Waals surface area contributed by atoms with Crippen LogP contribution in [0.1, 0.15) is 6.42 Å². The molecule has 17 heavy (non-hydrogen) atoms. The van der Waals surface area contributed by atoms with Crippen molar-refractivity contribution >= 4 is 29.7 Å². The van der Waals surface area contributed by atoms with E-state index in [0.29, 0.717) is 6.42 Å². The highest BCUT2D eigenvalue weighted by Crippen LogP contribution is 2.43. The fraction of sp³-hybridized carbons (Fsp3) is 0.444. The predicted molar refractivity (Wildman–Crippen MR) is 57.9 cm³/mol. The number of aliphatic carboxylic acids is 1. The van der Waals surface area contributed by atoms with E-state index in [1.54, 1.807) is 0 Å². The summed E-state index contributed by atoms with van der Waals surface area (Å²) in [5.41, 5.74) is 4.81. The maximum atomic E-state index is 11.2. The molecule has 2 aliphatic heterocycles. The molecular weight excluding hydrogens is 248 g/mol. The van der Waals surface area contributed by atoms with Crippen molar-refractivity contribution in [1.29, 1.82) is 0 Å². The number of carboxylic acid groups (broad SMARTS) is 1. The van der Waals surface area contributed by atoms with Gasteiger partial charge in [0.15, 0.2) is 4.75 Å². The number of primary amides is 1. The van der Waals surface area contributed by atoms with Crippen LogP contribution in [0.3, 0.4) is 0 Å². The molecule has 0 saturated carbocycles. The largest absolute Gasteiger partial charge is 0.480 e. The van der Waals surface area contributed by atoms with Gasteiger partial charge in [0.1, 0.15) is 6.61 Å². The van der Waals surface area contributed by atoms with Crippen molar-refractivity contribution in [3.05, 3.63) is 12.3 Å². The standard InChI is InChI=1S/C9H10N2O5S/c10-8(15)16-4-9(7(13)14)1-2-11-5(12)3-6(11)17-9/h1-2,6H,3-4H2,(H2,10,15)(H,13,14)/t6-,9?/m1/s1. The lowest BCUT2D eigenvalue weighted by Crippen LogP contribution is -2.55. The van der Waals surface area contributed by atoms with Crippen LogP contribution in [0.15, 0.2) is 12.3 Å². The molecule has 0 aromatic carbocycles. The van der Waals surface area contributed by atoms with Gasteiger partial charge in [-0.3, -0.25) is 9.59 Å². The molecule has 1 saturated heterocycles. The number of β-lactam (4-membered cyclic amide) rings is 1. The lowest BCUT2D eigenvalue weighted by atomic mass is 10.1. The minimum absolute atomic E-state index is 0.0476. The van der Waals surface area contributed by atoms with Gasteiger partial charge in [-0.2, -0.15) is 0 Å². The normalized spacial score (nSPS) is 30.5. The van der Waals surface area contributed by atoms with Crippen LogP contribution < -0.4 is 5.73 Å². The van der Waals surface area contributed by atoms with E-state index >= 15 is 0 Å². The van der Waals surface area contributed by atoms with Crippen LogP contribution in [0.2, 0.25) is 0 Å². The third-order valence-electron chi connectivity index (χ3n) is 2.59. The molecule has 2 atom stereocenters. The Morgan fingerprint density at radius 3 is 2.88 bits per heavy atom. The summed E-state index contributed by atoms with van der Waals surface area (Å²) >= 11 is 1.07. The molecule has 3 N–H and O–H groups in total. The van der Waals surface area contributed by atoms with Crippen LogP contribution in [0.5, 0.6) is 0 Å². The zero-order valence-electron chi connectivity index (χ0n) is 8.66. The summed E-state index contributed by atoms with van der Waals surface area (Å²) < 4.78 is 3.20. The predicted octanol–water partition coefficient (Wildman–Crippen LogP) is -0.276. The topological polar surface area (TPSA) is 110 Å².